The molecule has 0 bridgehead atoms. The summed E-state index contributed by atoms with van der Waals surface area (Å²) in [5.74, 6) is 0. The lowest BCUT2D eigenvalue weighted by Gasteiger charge is -2.38. The molecule has 4 heteroatoms. The smallest absolute Gasteiger partial charge is 0.192 e. The Labute approximate surface area is 107 Å². The number of ether oxygens (including phenoxy) is 1. The number of unbranched alkanes of at least 4 members (excludes halogenated alkanes) is 1. The zero-order chi connectivity index (χ0) is 13.5. The lowest BCUT2D eigenvalue weighted by Crippen LogP contribution is -2.45. The first kappa shape index (κ1) is 17.1. The molecule has 0 aliphatic heterocycles. The molecule has 0 heterocycles. The second-order valence-corrected chi connectivity index (χ2v) is 10.8. The Hall–Kier alpha value is 0.0669. The van der Waals surface area contributed by atoms with E-state index >= 15 is 0 Å². The highest BCUT2D eigenvalue weighted by Crippen LogP contribution is 2.37. The lowest BCUT2D eigenvalue weighted by atomic mass is 10.2. The van der Waals surface area contributed by atoms with Crippen LogP contribution >= 0.6 is 0 Å². The van der Waals surface area contributed by atoms with Gasteiger partial charge in [-0.1, -0.05) is 34.1 Å². The van der Waals surface area contributed by atoms with E-state index in [2.05, 4.69) is 40.8 Å². The first-order valence-electron chi connectivity index (χ1n) is 6.56. The van der Waals surface area contributed by atoms with Gasteiger partial charge in [-0.25, -0.2) is 4.39 Å². The van der Waals surface area contributed by atoms with Gasteiger partial charge in [0, 0.05) is 6.61 Å². The van der Waals surface area contributed by atoms with Crippen molar-refractivity contribution in [3.63, 3.8) is 0 Å². The minimum absolute atomic E-state index is 0.115. The summed E-state index contributed by atoms with van der Waals surface area (Å²) in [4.78, 5) is 0. The minimum Gasteiger partial charge on any atom is -0.409 e. The molecule has 0 aromatic rings. The van der Waals surface area contributed by atoms with Crippen LogP contribution in [-0.4, -0.2) is 34.3 Å². The molecule has 0 amide bonds. The van der Waals surface area contributed by atoms with Crippen LogP contribution < -0.4 is 0 Å². The number of hydrogen-bond donors (Lipinski definition) is 0. The molecule has 17 heavy (non-hydrogen) atoms. The number of hydrogen-bond acceptors (Lipinski definition) is 2. The van der Waals surface area contributed by atoms with Crippen molar-refractivity contribution >= 4 is 8.32 Å². The predicted octanol–water partition coefficient (Wildman–Crippen LogP) is 4.16. The van der Waals surface area contributed by atoms with Crippen LogP contribution in [0.15, 0.2) is 0 Å². The summed E-state index contributed by atoms with van der Waals surface area (Å²) in [6, 6.07) is 0. The summed E-state index contributed by atoms with van der Waals surface area (Å²) in [6.45, 7) is 13.5. The largest absolute Gasteiger partial charge is 0.409 e. The average Bonchev–Trinajstić information content (AvgIpc) is 2.20. The summed E-state index contributed by atoms with van der Waals surface area (Å²) in [5, 5.41) is 0.115. The van der Waals surface area contributed by atoms with Crippen LogP contribution in [0.4, 0.5) is 4.39 Å². The van der Waals surface area contributed by atoms with Gasteiger partial charge in [0.05, 0.1) is 12.7 Å². The minimum atomic E-state index is -1.88. The molecular weight excluding hydrogens is 235 g/mol. The van der Waals surface area contributed by atoms with Crippen molar-refractivity contribution in [2.24, 2.45) is 0 Å². The maximum atomic E-state index is 12.9. The molecule has 104 valence electrons. The van der Waals surface area contributed by atoms with Crippen molar-refractivity contribution in [3.05, 3.63) is 0 Å². The fraction of sp³-hybridized carbons (Fsp3) is 1.00. The molecule has 0 saturated carbocycles. The summed E-state index contributed by atoms with van der Waals surface area (Å²) in [5.41, 5.74) is 0. The third-order valence-corrected chi connectivity index (χ3v) is 7.92. The van der Waals surface area contributed by atoms with Crippen LogP contribution in [0.3, 0.4) is 0 Å². The standard InChI is InChI=1S/C13H29FO2Si/c1-7-8-9-15-11-12(10-14)16-17(5,6)13(2,3)4/h12H,7-11H2,1-6H3/t12-/m1/s1. The first-order chi connectivity index (χ1) is 7.74. The van der Waals surface area contributed by atoms with E-state index in [1.54, 1.807) is 0 Å². The van der Waals surface area contributed by atoms with Crippen molar-refractivity contribution in [1.82, 2.24) is 0 Å². The Kier molecular flexibility index (Phi) is 7.52. The predicted molar refractivity (Wildman–Crippen MR) is 73.8 cm³/mol. The topological polar surface area (TPSA) is 18.5 Å². The van der Waals surface area contributed by atoms with Crippen LogP contribution in [0.2, 0.25) is 18.1 Å². The van der Waals surface area contributed by atoms with E-state index in [4.69, 9.17) is 9.16 Å². The van der Waals surface area contributed by atoms with Crippen LogP contribution in [0.25, 0.3) is 0 Å². The van der Waals surface area contributed by atoms with Crippen LogP contribution in [0.1, 0.15) is 40.5 Å². The summed E-state index contributed by atoms with van der Waals surface area (Å²) in [7, 11) is -1.88. The van der Waals surface area contributed by atoms with Crippen LogP contribution in [0.5, 0.6) is 0 Å². The average molecular weight is 264 g/mol. The van der Waals surface area contributed by atoms with Gasteiger partial charge in [0.15, 0.2) is 8.32 Å². The van der Waals surface area contributed by atoms with Gasteiger partial charge in [0.1, 0.15) is 6.67 Å². The Bertz CT molecular complexity index is 202. The van der Waals surface area contributed by atoms with Crippen molar-refractivity contribution in [3.8, 4) is 0 Å². The number of rotatable bonds is 8. The SMILES string of the molecule is CCCCOC[C@@H](CF)O[Si](C)(C)C(C)(C)C. The van der Waals surface area contributed by atoms with E-state index in [-0.39, 0.29) is 5.04 Å². The molecule has 0 radical (unpaired) electrons. The normalized spacial score (nSPS) is 15.0. The Balaban J connectivity index is 4.12. The zero-order valence-corrected chi connectivity index (χ0v) is 13.3. The molecular formula is C13H29FO2Si. The molecule has 0 aromatic carbocycles. The van der Waals surface area contributed by atoms with Gasteiger partial charge >= 0.3 is 0 Å². The first-order valence-corrected chi connectivity index (χ1v) is 9.47. The van der Waals surface area contributed by atoms with Crippen molar-refractivity contribution in [2.45, 2.75) is 64.8 Å². The highest BCUT2D eigenvalue weighted by molar-refractivity contribution is 6.74. The summed E-state index contributed by atoms with van der Waals surface area (Å²) in [6.07, 6.45) is 1.73. The quantitative estimate of drug-likeness (QED) is 0.484. The maximum Gasteiger partial charge on any atom is 0.192 e. The van der Waals surface area contributed by atoms with Crippen molar-refractivity contribution in [1.29, 1.82) is 0 Å². The number of alkyl halides is 1. The summed E-state index contributed by atoms with van der Waals surface area (Å²) >= 11 is 0. The van der Waals surface area contributed by atoms with E-state index in [0.29, 0.717) is 13.2 Å². The highest BCUT2D eigenvalue weighted by atomic mass is 28.4. The summed E-state index contributed by atoms with van der Waals surface area (Å²) < 4.78 is 24.3. The molecule has 0 fully saturated rings. The Morgan fingerprint density at radius 2 is 1.82 bits per heavy atom. The second kappa shape index (κ2) is 7.49. The zero-order valence-electron chi connectivity index (χ0n) is 12.3. The van der Waals surface area contributed by atoms with Gasteiger partial charge in [-0.15, -0.1) is 0 Å². The van der Waals surface area contributed by atoms with Gasteiger partial charge in [-0.3, -0.25) is 0 Å². The molecule has 0 unspecified atom stereocenters. The van der Waals surface area contributed by atoms with Gasteiger partial charge in [-0.05, 0) is 24.6 Å². The third-order valence-electron chi connectivity index (χ3n) is 3.39. The van der Waals surface area contributed by atoms with Crippen molar-refractivity contribution in [2.75, 3.05) is 19.9 Å². The fourth-order valence-corrected chi connectivity index (χ4v) is 2.48. The van der Waals surface area contributed by atoms with Gasteiger partial charge in [-0.2, -0.15) is 0 Å². The van der Waals surface area contributed by atoms with E-state index in [1.165, 1.54) is 0 Å². The van der Waals surface area contributed by atoms with E-state index in [9.17, 15) is 4.39 Å². The lowest BCUT2D eigenvalue weighted by molar-refractivity contribution is 0.0296. The molecule has 2 nitrogen and oxygen atoms in total. The second-order valence-electron chi connectivity index (χ2n) is 6.08. The molecule has 0 spiro atoms. The number of halogens is 1. The van der Waals surface area contributed by atoms with Crippen LogP contribution in [0, 0.1) is 0 Å². The molecule has 0 aromatic heterocycles. The van der Waals surface area contributed by atoms with Crippen LogP contribution in [-0.2, 0) is 9.16 Å². The molecule has 0 aliphatic rings. The fourth-order valence-electron chi connectivity index (χ4n) is 1.16. The Morgan fingerprint density at radius 3 is 2.24 bits per heavy atom. The Morgan fingerprint density at radius 1 is 1.24 bits per heavy atom. The van der Waals surface area contributed by atoms with E-state index in [0.717, 1.165) is 12.8 Å². The molecule has 0 N–H and O–H groups in total. The van der Waals surface area contributed by atoms with E-state index < -0.39 is 21.1 Å². The van der Waals surface area contributed by atoms with Gasteiger partial charge in [0.25, 0.3) is 0 Å². The highest BCUT2D eigenvalue weighted by Gasteiger charge is 2.39. The maximum absolute atomic E-state index is 12.9. The van der Waals surface area contributed by atoms with Gasteiger partial charge in [0.2, 0.25) is 0 Å². The third kappa shape index (κ3) is 6.53. The molecule has 0 rings (SSSR count). The molecule has 1 atom stereocenters. The van der Waals surface area contributed by atoms with Crippen molar-refractivity contribution < 1.29 is 13.6 Å². The van der Waals surface area contributed by atoms with E-state index in [1.807, 2.05) is 0 Å². The van der Waals surface area contributed by atoms with Gasteiger partial charge < -0.3 is 9.16 Å². The molecule has 0 saturated heterocycles. The molecule has 0 aliphatic carbocycles. The monoisotopic (exact) mass is 264 g/mol.